The van der Waals surface area contributed by atoms with E-state index in [4.69, 9.17) is 5.73 Å². The number of nitrogens with two attached hydrogens (primary N) is 1. The van der Waals surface area contributed by atoms with E-state index in [0.717, 1.165) is 29.4 Å². The van der Waals surface area contributed by atoms with Gasteiger partial charge in [-0.1, -0.05) is 0 Å². The number of hydrogen-bond acceptors (Lipinski definition) is 3. The molecule has 98 valence electrons. The molecule has 1 aromatic rings. The number of nitrogens with one attached hydrogen (secondary N) is 2. The summed E-state index contributed by atoms with van der Waals surface area (Å²) in [6, 6.07) is 0.328. The van der Waals surface area contributed by atoms with E-state index in [9.17, 15) is 4.79 Å². The maximum atomic E-state index is 12.1. The van der Waals surface area contributed by atoms with Crippen LogP contribution in [0.25, 0.3) is 0 Å². The topological polar surface area (TPSA) is 83.8 Å². The van der Waals surface area contributed by atoms with Crippen LogP contribution in [0.15, 0.2) is 10.7 Å². The molecule has 5 nitrogen and oxygen atoms in total. The monoisotopic (exact) mass is 312 g/mol. The minimum absolute atomic E-state index is 0.148. The molecule has 0 aromatic carbocycles. The Kier molecular flexibility index (Phi) is 3.15. The van der Waals surface area contributed by atoms with Gasteiger partial charge in [-0.3, -0.25) is 9.89 Å². The van der Waals surface area contributed by atoms with Crippen molar-refractivity contribution in [1.29, 1.82) is 0 Å². The molecule has 6 heteroatoms. The second-order valence-corrected chi connectivity index (χ2v) is 6.26. The molecule has 0 radical (unpaired) electrons. The lowest BCUT2D eigenvalue weighted by Crippen LogP contribution is -2.44. The molecule has 1 heterocycles. The van der Waals surface area contributed by atoms with Crippen LogP contribution in [-0.2, 0) is 11.3 Å². The Morgan fingerprint density at radius 2 is 2.39 bits per heavy atom. The van der Waals surface area contributed by atoms with Crippen LogP contribution in [0.4, 0.5) is 0 Å². The maximum absolute atomic E-state index is 12.1. The van der Waals surface area contributed by atoms with Gasteiger partial charge in [0.15, 0.2) is 0 Å². The van der Waals surface area contributed by atoms with Crippen LogP contribution >= 0.6 is 15.9 Å². The van der Waals surface area contributed by atoms with Gasteiger partial charge < -0.3 is 11.1 Å². The SMILES string of the molecule is N[C@@H]1C[C@@H]2CC(C(=O)NCc3[nH]ncc3Br)C[C@@H]21. The number of H-pyrrole nitrogens is 1. The molecular formula is C12H17BrN4O. The Balaban J connectivity index is 1.52. The number of hydrogen-bond donors (Lipinski definition) is 3. The molecular weight excluding hydrogens is 296 g/mol. The zero-order valence-electron chi connectivity index (χ0n) is 10.0. The van der Waals surface area contributed by atoms with E-state index in [1.165, 1.54) is 0 Å². The lowest BCUT2D eigenvalue weighted by Gasteiger charge is -2.37. The number of halogens is 1. The molecule has 1 unspecified atom stereocenters. The first-order valence-corrected chi connectivity index (χ1v) is 7.15. The fraction of sp³-hybridized carbons (Fsp3) is 0.667. The van der Waals surface area contributed by atoms with Crippen molar-refractivity contribution in [3.05, 3.63) is 16.4 Å². The first-order chi connectivity index (χ1) is 8.65. The van der Waals surface area contributed by atoms with E-state index in [-0.39, 0.29) is 11.8 Å². The first-order valence-electron chi connectivity index (χ1n) is 6.36. The lowest BCUT2D eigenvalue weighted by atomic mass is 9.72. The molecule has 0 saturated heterocycles. The summed E-state index contributed by atoms with van der Waals surface area (Å²) in [6.07, 6.45) is 4.76. The van der Waals surface area contributed by atoms with E-state index in [0.29, 0.717) is 24.4 Å². The molecule has 2 fully saturated rings. The van der Waals surface area contributed by atoms with Gasteiger partial charge in [0.25, 0.3) is 0 Å². The van der Waals surface area contributed by atoms with Crippen molar-refractivity contribution in [2.75, 3.05) is 0 Å². The summed E-state index contributed by atoms with van der Waals surface area (Å²) in [5.74, 6) is 1.57. The van der Waals surface area contributed by atoms with Gasteiger partial charge in [-0.25, -0.2) is 0 Å². The number of aromatic nitrogens is 2. The van der Waals surface area contributed by atoms with Crippen LogP contribution in [0, 0.1) is 17.8 Å². The fourth-order valence-corrected chi connectivity index (χ4v) is 3.57. The average molecular weight is 313 g/mol. The summed E-state index contributed by atoms with van der Waals surface area (Å²) in [7, 11) is 0. The summed E-state index contributed by atoms with van der Waals surface area (Å²) in [5.41, 5.74) is 6.85. The van der Waals surface area contributed by atoms with Gasteiger partial charge in [-0.05, 0) is 47.0 Å². The van der Waals surface area contributed by atoms with Crippen molar-refractivity contribution in [2.45, 2.75) is 31.8 Å². The summed E-state index contributed by atoms with van der Waals surface area (Å²) in [6.45, 7) is 0.497. The molecule has 2 saturated carbocycles. The highest BCUT2D eigenvalue weighted by atomic mass is 79.9. The van der Waals surface area contributed by atoms with Gasteiger partial charge in [0, 0.05) is 12.0 Å². The molecule has 2 aliphatic rings. The molecule has 2 aliphatic carbocycles. The third kappa shape index (κ3) is 2.07. The fourth-order valence-electron chi connectivity index (χ4n) is 3.24. The summed E-state index contributed by atoms with van der Waals surface area (Å²) in [5, 5.41) is 9.73. The quantitative estimate of drug-likeness (QED) is 0.783. The molecule has 4 N–H and O–H groups in total. The number of fused-ring (bicyclic) bond motifs is 1. The van der Waals surface area contributed by atoms with Crippen molar-refractivity contribution in [1.82, 2.24) is 15.5 Å². The molecule has 1 amide bonds. The Morgan fingerprint density at radius 3 is 3.00 bits per heavy atom. The number of rotatable bonds is 3. The van der Waals surface area contributed by atoms with Crippen LogP contribution in [0.3, 0.4) is 0 Å². The summed E-state index contributed by atoms with van der Waals surface area (Å²) >= 11 is 3.38. The predicted octanol–water partition coefficient (Wildman–Crippen LogP) is 1.16. The van der Waals surface area contributed by atoms with E-state index in [2.05, 4.69) is 31.4 Å². The zero-order chi connectivity index (χ0) is 12.7. The van der Waals surface area contributed by atoms with E-state index in [1.807, 2.05) is 0 Å². The van der Waals surface area contributed by atoms with Crippen LogP contribution in [0.2, 0.25) is 0 Å². The number of carbonyl (C=O) groups excluding carboxylic acids is 1. The predicted molar refractivity (Wildman–Crippen MR) is 70.4 cm³/mol. The van der Waals surface area contributed by atoms with Crippen molar-refractivity contribution in [2.24, 2.45) is 23.5 Å². The van der Waals surface area contributed by atoms with Crippen molar-refractivity contribution < 1.29 is 4.79 Å². The van der Waals surface area contributed by atoms with Gasteiger partial charge >= 0.3 is 0 Å². The van der Waals surface area contributed by atoms with Crippen LogP contribution in [-0.4, -0.2) is 22.1 Å². The van der Waals surface area contributed by atoms with Gasteiger partial charge in [0.1, 0.15) is 0 Å². The minimum atomic E-state index is 0.148. The van der Waals surface area contributed by atoms with Crippen LogP contribution in [0.1, 0.15) is 25.0 Å². The Hall–Kier alpha value is -0.880. The second-order valence-electron chi connectivity index (χ2n) is 5.41. The smallest absolute Gasteiger partial charge is 0.223 e. The highest BCUT2D eigenvalue weighted by Gasteiger charge is 2.47. The first kappa shape index (κ1) is 12.2. The van der Waals surface area contributed by atoms with Crippen LogP contribution in [0.5, 0.6) is 0 Å². The van der Waals surface area contributed by atoms with E-state index in [1.54, 1.807) is 6.20 Å². The average Bonchev–Trinajstić information content (AvgIpc) is 2.89. The molecule has 0 bridgehead atoms. The van der Waals surface area contributed by atoms with E-state index >= 15 is 0 Å². The van der Waals surface area contributed by atoms with Gasteiger partial charge in [-0.15, -0.1) is 0 Å². The summed E-state index contributed by atoms with van der Waals surface area (Å²) in [4.78, 5) is 12.1. The highest BCUT2D eigenvalue weighted by molar-refractivity contribution is 9.10. The Labute approximate surface area is 114 Å². The number of amides is 1. The maximum Gasteiger partial charge on any atom is 0.223 e. The number of aromatic amines is 1. The third-order valence-corrected chi connectivity index (χ3v) is 5.03. The molecule has 18 heavy (non-hydrogen) atoms. The summed E-state index contributed by atoms with van der Waals surface area (Å²) < 4.78 is 0.899. The Morgan fingerprint density at radius 1 is 1.56 bits per heavy atom. The van der Waals surface area contributed by atoms with Crippen molar-refractivity contribution >= 4 is 21.8 Å². The van der Waals surface area contributed by atoms with Gasteiger partial charge in [-0.2, -0.15) is 5.10 Å². The molecule has 4 atom stereocenters. The van der Waals surface area contributed by atoms with Crippen molar-refractivity contribution in [3.8, 4) is 0 Å². The normalized spacial score (nSPS) is 33.9. The number of nitrogens with zero attached hydrogens (tertiary/aromatic N) is 1. The number of carbonyl (C=O) groups is 1. The van der Waals surface area contributed by atoms with Crippen molar-refractivity contribution in [3.63, 3.8) is 0 Å². The standard InChI is InChI=1S/C12H17BrN4O/c13-9-4-16-17-11(9)5-15-12(18)7-1-6-3-10(14)8(6)2-7/h4,6-8,10H,1-3,5,14H2,(H,15,18)(H,16,17)/t6-,7?,8-,10+/m0/s1. The van der Waals surface area contributed by atoms with Crippen LogP contribution < -0.4 is 11.1 Å². The van der Waals surface area contributed by atoms with E-state index < -0.39 is 0 Å². The molecule has 0 spiro atoms. The third-order valence-electron chi connectivity index (χ3n) is 4.35. The second kappa shape index (κ2) is 4.66. The minimum Gasteiger partial charge on any atom is -0.350 e. The molecule has 0 aliphatic heterocycles. The lowest BCUT2D eigenvalue weighted by molar-refractivity contribution is -0.125. The van der Waals surface area contributed by atoms with Gasteiger partial charge in [0.2, 0.25) is 5.91 Å². The molecule has 1 aromatic heterocycles. The molecule has 3 rings (SSSR count). The Bertz CT molecular complexity index is 461. The largest absolute Gasteiger partial charge is 0.350 e. The zero-order valence-corrected chi connectivity index (χ0v) is 11.6. The van der Waals surface area contributed by atoms with Gasteiger partial charge in [0.05, 0.1) is 22.9 Å². The highest BCUT2D eigenvalue weighted by Crippen LogP contribution is 2.48.